The molecule has 1 atom stereocenters. The van der Waals surface area contributed by atoms with Crippen molar-refractivity contribution in [1.82, 2.24) is 4.90 Å². The Morgan fingerprint density at radius 3 is 2.77 bits per heavy atom. The second-order valence-electron chi connectivity index (χ2n) is 3.82. The molecule has 1 N–H and O–H groups in total. The number of nitrogens with zero attached hydrogens (tertiary/aromatic N) is 1. The molecule has 1 aliphatic rings. The lowest BCUT2D eigenvalue weighted by Crippen LogP contribution is -2.43. The van der Waals surface area contributed by atoms with E-state index in [9.17, 15) is 8.78 Å². The van der Waals surface area contributed by atoms with Gasteiger partial charge in [-0.15, -0.1) is 0 Å². The molecular formula is C9H17F2NO. The van der Waals surface area contributed by atoms with Gasteiger partial charge >= 0.3 is 0 Å². The summed E-state index contributed by atoms with van der Waals surface area (Å²) in [5.74, 6) is -3.11. The summed E-state index contributed by atoms with van der Waals surface area (Å²) in [6, 6.07) is 0. The molecule has 0 saturated carbocycles. The highest BCUT2D eigenvalue weighted by molar-refractivity contribution is 4.80. The zero-order chi connectivity index (χ0) is 9.90. The zero-order valence-corrected chi connectivity index (χ0v) is 7.97. The van der Waals surface area contributed by atoms with Crippen molar-refractivity contribution >= 4 is 0 Å². The maximum Gasteiger partial charge on any atom is 0.249 e. The van der Waals surface area contributed by atoms with Crippen molar-refractivity contribution in [1.29, 1.82) is 0 Å². The van der Waals surface area contributed by atoms with Gasteiger partial charge in [0.25, 0.3) is 0 Å². The summed E-state index contributed by atoms with van der Waals surface area (Å²) in [5, 5.41) is 8.68. The molecule has 4 heteroatoms. The van der Waals surface area contributed by atoms with Crippen LogP contribution in [0.15, 0.2) is 0 Å². The van der Waals surface area contributed by atoms with Gasteiger partial charge in [-0.2, -0.15) is 0 Å². The normalized spacial score (nSPS) is 26.3. The smallest absolute Gasteiger partial charge is 0.249 e. The minimum absolute atomic E-state index is 0.0575. The van der Waals surface area contributed by atoms with E-state index < -0.39 is 11.8 Å². The van der Waals surface area contributed by atoms with Crippen LogP contribution in [0.3, 0.4) is 0 Å². The molecule has 1 fully saturated rings. The summed E-state index contributed by atoms with van der Waals surface area (Å²) in [7, 11) is 0. The van der Waals surface area contributed by atoms with Gasteiger partial charge in [-0.1, -0.05) is 0 Å². The van der Waals surface area contributed by atoms with Crippen LogP contribution in [0.25, 0.3) is 0 Å². The average Bonchev–Trinajstić information content (AvgIpc) is 2.04. The molecule has 1 heterocycles. The van der Waals surface area contributed by atoms with Gasteiger partial charge in [-0.05, 0) is 26.3 Å². The Balaban J connectivity index is 2.42. The Morgan fingerprint density at radius 1 is 1.54 bits per heavy atom. The highest BCUT2D eigenvalue weighted by atomic mass is 19.3. The van der Waals surface area contributed by atoms with Crippen molar-refractivity contribution < 1.29 is 13.9 Å². The van der Waals surface area contributed by atoms with Gasteiger partial charge in [0.2, 0.25) is 5.92 Å². The highest BCUT2D eigenvalue weighted by Crippen LogP contribution is 2.31. The van der Waals surface area contributed by atoms with E-state index in [1.165, 1.54) is 0 Å². The Kier molecular flexibility index (Phi) is 3.62. The summed E-state index contributed by atoms with van der Waals surface area (Å²) >= 11 is 0. The van der Waals surface area contributed by atoms with Crippen molar-refractivity contribution in [2.75, 3.05) is 26.2 Å². The number of hydrogen-bond donors (Lipinski definition) is 1. The van der Waals surface area contributed by atoms with Gasteiger partial charge in [0.15, 0.2) is 0 Å². The predicted octanol–water partition coefficient (Wildman–Crippen LogP) is 1.35. The predicted molar refractivity (Wildman–Crippen MR) is 46.9 cm³/mol. The molecule has 0 aromatic rings. The largest absolute Gasteiger partial charge is 0.395 e. The van der Waals surface area contributed by atoms with Gasteiger partial charge < -0.3 is 10.0 Å². The van der Waals surface area contributed by atoms with Crippen LogP contribution in [0, 0.1) is 5.92 Å². The molecular weight excluding hydrogens is 176 g/mol. The van der Waals surface area contributed by atoms with E-state index in [1.54, 1.807) is 0 Å². The fourth-order valence-electron chi connectivity index (χ4n) is 1.81. The third-order valence-corrected chi connectivity index (χ3v) is 2.64. The maximum absolute atomic E-state index is 12.9. The summed E-state index contributed by atoms with van der Waals surface area (Å²) in [6.45, 7) is 2.83. The monoisotopic (exact) mass is 193 g/mol. The third-order valence-electron chi connectivity index (χ3n) is 2.64. The first-order chi connectivity index (χ1) is 6.04. The topological polar surface area (TPSA) is 23.5 Å². The van der Waals surface area contributed by atoms with Crippen LogP contribution >= 0.6 is 0 Å². The van der Waals surface area contributed by atoms with Crippen molar-refractivity contribution in [3.05, 3.63) is 0 Å². The zero-order valence-electron chi connectivity index (χ0n) is 7.97. The standard InChI is InChI=1S/C9H17F2NO/c1-9(10,11)8-3-2-4-12(7-8)5-6-13/h8,13H,2-7H2,1H3. The van der Waals surface area contributed by atoms with Crippen molar-refractivity contribution in [2.24, 2.45) is 5.92 Å². The number of β-amino-alcohol motifs (C(OH)–C–C–N with tert-alkyl or cyclic N) is 1. The molecule has 0 bridgehead atoms. The number of rotatable bonds is 3. The fraction of sp³-hybridized carbons (Fsp3) is 1.00. The average molecular weight is 193 g/mol. The van der Waals surface area contributed by atoms with Crippen molar-refractivity contribution in [2.45, 2.75) is 25.7 Å². The molecule has 0 aromatic carbocycles. The van der Waals surface area contributed by atoms with E-state index in [4.69, 9.17) is 5.11 Å². The summed E-state index contributed by atoms with van der Waals surface area (Å²) in [5.41, 5.74) is 0. The number of aliphatic hydroxyl groups excluding tert-OH is 1. The summed E-state index contributed by atoms with van der Waals surface area (Å²) in [6.07, 6.45) is 1.42. The first-order valence-corrected chi connectivity index (χ1v) is 4.75. The van der Waals surface area contributed by atoms with Crippen LogP contribution in [0.2, 0.25) is 0 Å². The quantitative estimate of drug-likeness (QED) is 0.731. The molecule has 0 amide bonds. The minimum Gasteiger partial charge on any atom is -0.395 e. The van der Waals surface area contributed by atoms with Crippen LogP contribution < -0.4 is 0 Å². The van der Waals surface area contributed by atoms with Gasteiger partial charge in [-0.3, -0.25) is 0 Å². The molecule has 78 valence electrons. The Labute approximate surface area is 77.5 Å². The Hall–Kier alpha value is -0.220. The van der Waals surface area contributed by atoms with Gasteiger partial charge in [0.05, 0.1) is 6.61 Å². The molecule has 1 unspecified atom stereocenters. The number of aliphatic hydroxyl groups is 1. The Morgan fingerprint density at radius 2 is 2.23 bits per heavy atom. The summed E-state index contributed by atoms with van der Waals surface area (Å²) < 4.78 is 25.9. The van der Waals surface area contributed by atoms with Crippen LogP contribution in [-0.2, 0) is 0 Å². The molecule has 0 spiro atoms. The first-order valence-electron chi connectivity index (χ1n) is 4.75. The second-order valence-corrected chi connectivity index (χ2v) is 3.82. The molecule has 1 aliphatic heterocycles. The summed E-state index contributed by atoms with van der Waals surface area (Å²) in [4.78, 5) is 1.91. The van der Waals surface area contributed by atoms with Crippen molar-refractivity contribution in [3.63, 3.8) is 0 Å². The molecule has 0 aliphatic carbocycles. The molecule has 1 rings (SSSR count). The number of piperidine rings is 1. The molecule has 2 nitrogen and oxygen atoms in total. The SMILES string of the molecule is CC(F)(F)C1CCCN(CCO)C1. The van der Waals surface area contributed by atoms with Crippen LogP contribution in [-0.4, -0.2) is 42.2 Å². The maximum atomic E-state index is 12.9. The first kappa shape index (κ1) is 10.9. The molecule has 13 heavy (non-hydrogen) atoms. The van der Waals surface area contributed by atoms with E-state index in [0.717, 1.165) is 19.9 Å². The van der Waals surface area contributed by atoms with E-state index in [-0.39, 0.29) is 6.61 Å². The van der Waals surface area contributed by atoms with Crippen molar-refractivity contribution in [3.8, 4) is 0 Å². The second kappa shape index (κ2) is 4.33. The van der Waals surface area contributed by atoms with E-state index >= 15 is 0 Å². The van der Waals surface area contributed by atoms with E-state index in [2.05, 4.69) is 0 Å². The molecule has 0 aromatic heterocycles. The Bertz CT molecular complexity index is 156. The van der Waals surface area contributed by atoms with Gasteiger partial charge in [-0.25, -0.2) is 8.78 Å². The van der Waals surface area contributed by atoms with Crippen LogP contribution in [0.4, 0.5) is 8.78 Å². The number of hydrogen-bond acceptors (Lipinski definition) is 2. The molecule has 0 radical (unpaired) electrons. The molecule has 1 saturated heterocycles. The lowest BCUT2D eigenvalue weighted by molar-refractivity contribution is -0.0673. The van der Waals surface area contributed by atoms with Crippen LogP contribution in [0.5, 0.6) is 0 Å². The number of likely N-dealkylation sites (tertiary alicyclic amines) is 1. The lowest BCUT2D eigenvalue weighted by Gasteiger charge is -2.35. The third kappa shape index (κ3) is 3.19. The van der Waals surface area contributed by atoms with Crippen LogP contribution in [0.1, 0.15) is 19.8 Å². The number of halogens is 2. The van der Waals surface area contributed by atoms with Gasteiger partial charge in [0, 0.05) is 19.0 Å². The van der Waals surface area contributed by atoms with E-state index in [1.807, 2.05) is 4.90 Å². The van der Waals surface area contributed by atoms with Gasteiger partial charge in [0.1, 0.15) is 0 Å². The lowest BCUT2D eigenvalue weighted by atomic mass is 9.93. The highest BCUT2D eigenvalue weighted by Gasteiger charge is 2.36. The fourth-order valence-corrected chi connectivity index (χ4v) is 1.81. The van der Waals surface area contributed by atoms with E-state index in [0.29, 0.717) is 19.5 Å². The minimum atomic E-state index is -2.58. The number of alkyl halides is 2.